The van der Waals surface area contributed by atoms with Gasteiger partial charge >= 0.3 is 0 Å². The van der Waals surface area contributed by atoms with Gasteiger partial charge in [0.25, 0.3) is 0 Å². The second-order valence-electron chi connectivity index (χ2n) is 5.58. The third-order valence-electron chi connectivity index (χ3n) is 3.53. The summed E-state index contributed by atoms with van der Waals surface area (Å²) in [5.41, 5.74) is 2.23. The Labute approximate surface area is 177 Å². The van der Waals surface area contributed by atoms with E-state index in [1.807, 2.05) is 6.07 Å². The second kappa shape index (κ2) is 12.9. The lowest BCUT2D eigenvalue weighted by atomic mass is 10.1. The van der Waals surface area contributed by atoms with E-state index in [1.165, 1.54) is 10.4 Å². The topological polar surface area (TPSA) is 54.9 Å². The largest absolute Gasteiger partial charge is 0.491 e. The number of methoxy groups -OCH3 is 1. The van der Waals surface area contributed by atoms with E-state index >= 15 is 0 Å². The number of guanidine groups is 1. The Bertz CT molecular complexity index is 663. The number of ether oxygens (including phenoxy) is 2. The molecule has 0 fully saturated rings. The minimum atomic E-state index is 0. The number of halogens is 1. The zero-order chi connectivity index (χ0) is 17.9. The maximum absolute atomic E-state index is 5.84. The molecular formula is C19H28IN3O2S. The number of nitrogens with zero attached hydrogens (tertiary/aromatic N) is 1. The second-order valence-corrected chi connectivity index (χ2v) is 6.61. The molecule has 144 valence electrons. The summed E-state index contributed by atoms with van der Waals surface area (Å²) >= 11 is 1.74. The molecule has 2 rings (SSSR count). The van der Waals surface area contributed by atoms with Gasteiger partial charge in [-0.1, -0.05) is 18.2 Å². The van der Waals surface area contributed by atoms with Crippen LogP contribution in [-0.4, -0.2) is 32.8 Å². The predicted molar refractivity (Wildman–Crippen MR) is 120 cm³/mol. The average Bonchev–Trinajstić information content (AvgIpc) is 3.12. The highest BCUT2D eigenvalue weighted by Crippen LogP contribution is 2.21. The van der Waals surface area contributed by atoms with E-state index < -0.39 is 0 Å². The van der Waals surface area contributed by atoms with Gasteiger partial charge in [0.2, 0.25) is 0 Å². The Hall–Kier alpha value is -1.32. The van der Waals surface area contributed by atoms with E-state index in [1.54, 1.807) is 18.4 Å². The van der Waals surface area contributed by atoms with E-state index in [0.717, 1.165) is 30.4 Å². The van der Waals surface area contributed by atoms with Crippen molar-refractivity contribution in [2.24, 2.45) is 4.99 Å². The van der Waals surface area contributed by atoms with Crippen LogP contribution in [-0.2, 0) is 17.8 Å². The molecule has 2 N–H and O–H groups in total. The molecule has 0 spiro atoms. The fourth-order valence-electron chi connectivity index (χ4n) is 2.25. The van der Waals surface area contributed by atoms with Crippen LogP contribution in [0.5, 0.6) is 5.75 Å². The maximum atomic E-state index is 5.84. The zero-order valence-corrected chi connectivity index (χ0v) is 18.7. The van der Waals surface area contributed by atoms with Gasteiger partial charge in [0.05, 0.1) is 19.7 Å². The van der Waals surface area contributed by atoms with Gasteiger partial charge in [-0.15, -0.1) is 35.3 Å². The smallest absolute Gasteiger partial charge is 0.191 e. The first-order chi connectivity index (χ1) is 12.2. The first-order valence-corrected chi connectivity index (χ1v) is 9.36. The lowest BCUT2D eigenvalue weighted by Gasteiger charge is -2.13. The van der Waals surface area contributed by atoms with Crippen LogP contribution in [0.25, 0.3) is 0 Å². The number of rotatable bonds is 9. The highest BCUT2D eigenvalue weighted by molar-refractivity contribution is 14.0. The van der Waals surface area contributed by atoms with Gasteiger partial charge in [-0.25, -0.2) is 4.99 Å². The highest BCUT2D eigenvalue weighted by atomic mass is 127. The number of thiophene rings is 1. The van der Waals surface area contributed by atoms with E-state index in [-0.39, 0.29) is 24.0 Å². The third-order valence-corrected chi connectivity index (χ3v) is 4.41. The summed E-state index contributed by atoms with van der Waals surface area (Å²) in [5, 5.41) is 8.73. The molecule has 0 unspecified atom stereocenters. The van der Waals surface area contributed by atoms with Gasteiger partial charge in [0.15, 0.2) is 5.96 Å². The summed E-state index contributed by atoms with van der Waals surface area (Å²) in [6.45, 7) is 7.38. The van der Waals surface area contributed by atoms with Crippen molar-refractivity contribution in [3.05, 3.63) is 51.7 Å². The molecule has 0 amide bonds. The van der Waals surface area contributed by atoms with Crippen LogP contribution in [0, 0.1) is 6.92 Å². The van der Waals surface area contributed by atoms with Crippen molar-refractivity contribution in [1.29, 1.82) is 0 Å². The molecule has 0 aliphatic heterocycles. The normalized spacial score (nSPS) is 11.0. The number of benzene rings is 1. The van der Waals surface area contributed by atoms with Gasteiger partial charge in [0, 0.05) is 24.1 Å². The molecule has 7 heteroatoms. The summed E-state index contributed by atoms with van der Waals surface area (Å²) in [6.07, 6.45) is 0. The molecule has 26 heavy (non-hydrogen) atoms. The molecule has 1 aromatic carbocycles. The Kier molecular flexibility index (Phi) is 11.3. The van der Waals surface area contributed by atoms with Crippen molar-refractivity contribution in [2.75, 3.05) is 26.9 Å². The van der Waals surface area contributed by atoms with Crippen LogP contribution in [0.2, 0.25) is 0 Å². The first kappa shape index (κ1) is 22.7. The minimum Gasteiger partial charge on any atom is -0.491 e. The van der Waals surface area contributed by atoms with Gasteiger partial charge in [0.1, 0.15) is 12.4 Å². The fraction of sp³-hybridized carbons (Fsp3) is 0.421. The number of nitrogens with one attached hydrogen (secondary N) is 2. The van der Waals surface area contributed by atoms with Crippen molar-refractivity contribution in [3.8, 4) is 5.75 Å². The monoisotopic (exact) mass is 489 g/mol. The summed E-state index contributed by atoms with van der Waals surface area (Å²) in [7, 11) is 1.67. The van der Waals surface area contributed by atoms with E-state index in [9.17, 15) is 0 Å². The predicted octanol–water partition coefficient (Wildman–Crippen LogP) is 3.96. The molecule has 0 bridgehead atoms. The lowest BCUT2D eigenvalue weighted by Crippen LogP contribution is -2.36. The summed E-state index contributed by atoms with van der Waals surface area (Å²) < 4.78 is 10.9. The molecule has 0 aliphatic carbocycles. The van der Waals surface area contributed by atoms with Crippen molar-refractivity contribution in [3.63, 3.8) is 0 Å². The molecular weight excluding hydrogens is 461 g/mol. The van der Waals surface area contributed by atoms with Gasteiger partial charge in [-0.3, -0.25) is 0 Å². The summed E-state index contributed by atoms with van der Waals surface area (Å²) in [4.78, 5) is 5.97. The first-order valence-electron chi connectivity index (χ1n) is 8.48. The summed E-state index contributed by atoms with van der Waals surface area (Å²) in [5.74, 6) is 1.68. The molecule has 5 nitrogen and oxygen atoms in total. The molecule has 0 saturated carbocycles. The average molecular weight is 489 g/mol. The molecule has 1 heterocycles. The van der Waals surface area contributed by atoms with Crippen LogP contribution >= 0.6 is 35.3 Å². The standard InChI is InChI=1S/C19H27N3O2S.HI/c1-4-20-19(22-14-17-6-5-11-25-17)21-13-16-8-7-15(2)12-18(16)24-10-9-23-3;/h5-8,11-12H,4,9-10,13-14H2,1-3H3,(H2,20,21,22);1H. The third kappa shape index (κ3) is 7.92. The van der Waals surface area contributed by atoms with Crippen LogP contribution in [0.1, 0.15) is 22.9 Å². The zero-order valence-electron chi connectivity index (χ0n) is 15.6. The van der Waals surface area contributed by atoms with Crippen molar-refractivity contribution in [1.82, 2.24) is 10.6 Å². The molecule has 0 saturated heterocycles. The molecule has 0 atom stereocenters. The van der Waals surface area contributed by atoms with Crippen molar-refractivity contribution < 1.29 is 9.47 Å². The molecule has 1 aromatic heterocycles. The number of hydrogen-bond acceptors (Lipinski definition) is 4. The number of aliphatic imine (C=N–C) groups is 1. The van der Waals surface area contributed by atoms with Gasteiger partial charge in [-0.05, 0) is 36.9 Å². The van der Waals surface area contributed by atoms with Crippen LogP contribution < -0.4 is 15.4 Å². The number of hydrogen-bond donors (Lipinski definition) is 2. The SMILES string of the molecule is CCNC(=NCc1ccc(C)cc1OCCOC)NCc1cccs1.I. The Morgan fingerprint density at radius 2 is 2.04 bits per heavy atom. The molecule has 0 radical (unpaired) electrons. The maximum Gasteiger partial charge on any atom is 0.191 e. The van der Waals surface area contributed by atoms with E-state index in [0.29, 0.717) is 19.8 Å². The van der Waals surface area contributed by atoms with Gasteiger partial charge < -0.3 is 20.1 Å². The number of aryl methyl sites for hydroxylation is 1. The highest BCUT2D eigenvalue weighted by Gasteiger charge is 2.05. The van der Waals surface area contributed by atoms with Crippen LogP contribution in [0.4, 0.5) is 0 Å². The van der Waals surface area contributed by atoms with Crippen molar-refractivity contribution >= 4 is 41.3 Å². The Morgan fingerprint density at radius 1 is 1.19 bits per heavy atom. The Morgan fingerprint density at radius 3 is 2.73 bits per heavy atom. The minimum absolute atomic E-state index is 0. The summed E-state index contributed by atoms with van der Waals surface area (Å²) in [6, 6.07) is 10.4. The lowest BCUT2D eigenvalue weighted by molar-refractivity contribution is 0.145. The quantitative estimate of drug-likeness (QED) is 0.243. The molecule has 2 aromatic rings. The van der Waals surface area contributed by atoms with Crippen LogP contribution in [0.3, 0.4) is 0 Å². The molecule has 0 aliphatic rings. The Balaban J connectivity index is 0.00000338. The van der Waals surface area contributed by atoms with Crippen molar-refractivity contribution in [2.45, 2.75) is 26.9 Å². The van der Waals surface area contributed by atoms with E-state index in [4.69, 9.17) is 9.47 Å². The van der Waals surface area contributed by atoms with E-state index in [2.05, 4.69) is 59.1 Å². The van der Waals surface area contributed by atoms with Gasteiger partial charge in [-0.2, -0.15) is 0 Å². The van der Waals surface area contributed by atoms with Crippen LogP contribution in [0.15, 0.2) is 40.7 Å². The fourth-order valence-corrected chi connectivity index (χ4v) is 2.90.